The van der Waals surface area contributed by atoms with Gasteiger partial charge in [0.25, 0.3) is 0 Å². The van der Waals surface area contributed by atoms with E-state index in [-0.39, 0.29) is 31.1 Å². The number of hydrogen-bond acceptors (Lipinski definition) is 6. The Morgan fingerprint density at radius 2 is 0.434 bits per heavy atom. The van der Waals surface area contributed by atoms with Crippen molar-refractivity contribution >= 4 is 17.9 Å². The lowest BCUT2D eigenvalue weighted by Crippen LogP contribution is -2.30. The summed E-state index contributed by atoms with van der Waals surface area (Å²) in [5.41, 5.74) is 0. The number of hydrogen-bond donors (Lipinski definition) is 0. The maximum atomic E-state index is 12.9. The first-order chi connectivity index (χ1) is 37.5. The third-order valence-electron chi connectivity index (χ3n) is 16.0. The van der Waals surface area contributed by atoms with Crippen molar-refractivity contribution in [3.63, 3.8) is 0 Å². The molecule has 0 aromatic rings. The molecule has 0 saturated carbocycles. The van der Waals surface area contributed by atoms with Gasteiger partial charge in [-0.1, -0.05) is 348 Å². The van der Waals surface area contributed by atoms with Crippen molar-refractivity contribution in [1.29, 1.82) is 0 Å². The second kappa shape index (κ2) is 65.7. The first-order valence-corrected chi connectivity index (χ1v) is 34.7. The van der Waals surface area contributed by atoms with E-state index in [1.807, 2.05) is 0 Å². The average molecular weight is 1070 g/mol. The predicted octanol–water partition coefficient (Wildman–Crippen LogP) is 23.6. The molecule has 6 heteroatoms. The Morgan fingerprint density at radius 3 is 0.658 bits per heavy atom. The number of carbonyl (C=O) groups is 3. The van der Waals surface area contributed by atoms with Gasteiger partial charge in [-0.3, -0.25) is 14.4 Å². The van der Waals surface area contributed by atoms with E-state index >= 15 is 0 Å². The molecule has 0 rings (SSSR count). The molecule has 0 aliphatic carbocycles. The fourth-order valence-corrected chi connectivity index (χ4v) is 10.8. The molecule has 0 saturated heterocycles. The van der Waals surface area contributed by atoms with Crippen LogP contribution in [-0.2, 0) is 28.6 Å². The van der Waals surface area contributed by atoms with E-state index in [1.54, 1.807) is 0 Å². The maximum Gasteiger partial charge on any atom is 0.306 e. The van der Waals surface area contributed by atoms with Gasteiger partial charge in [-0.25, -0.2) is 0 Å². The van der Waals surface area contributed by atoms with Crippen molar-refractivity contribution < 1.29 is 28.6 Å². The van der Waals surface area contributed by atoms with Gasteiger partial charge in [0.15, 0.2) is 6.10 Å². The topological polar surface area (TPSA) is 78.9 Å². The van der Waals surface area contributed by atoms with E-state index in [2.05, 4.69) is 32.9 Å². The summed E-state index contributed by atoms with van der Waals surface area (Å²) in [7, 11) is 0. The predicted molar refractivity (Wildman–Crippen MR) is 330 cm³/mol. The largest absolute Gasteiger partial charge is 0.462 e. The van der Waals surface area contributed by atoms with Crippen LogP contribution in [-0.4, -0.2) is 37.2 Å². The number of unbranched alkanes of at least 4 members (excludes halogenated alkanes) is 52. The van der Waals surface area contributed by atoms with Gasteiger partial charge >= 0.3 is 17.9 Å². The molecule has 0 radical (unpaired) electrons. The fourth-order valence-electron chi connectivity index (χ4n) is 10.8. The Balaban J connectivity index is 4.13. The molecular weight excluding hydrogens is 937 g/mol. The molecule has 0 bridgehead atoms. The molecule has 0 aliphatic heterocycles. The van der Waals surface area contributed by atoms with Crippen molar-refractivity contribution in [2.24, 2.45) is 0 Å². The zero-order chi connectivity index (χ0) is 55.0. The Hall–Kier alpha value is -1.85. The SMILES string of the molecule is CCCCCCCC/C=C\CCCCCCCC(=O)OC(COC(=O)CCCCCCCCCCCCCCCC)COC(=O)CCCCCCCCCCCCCCCCCCCCCCCCCCCCCCC. The van der Waals surface area contributed by atoms with Gasteiger partial charge in [-0.15, -0.1) is 0 Å². The highest BCUT2D eigenvalue weighted by Crippen LogP contribution is 2.19. The summed E-state index contributed by atoms with van der Waals surface area (Å²) < 4.78 is 17.0. The van der Waals surface area contributed by atoms with Crippen molar-refractivity contribution in [3.05, 3.63) is 12.2 Å². The van der Waals surface area contributed by atoms with E-state index in [1.165, 1.54) is 295 Å². The lowest BCUT2D eigenvalue weighted by Gasteiger charge is -2.18. The second-order valence-electron chi connectivity index (χ2n) is 23.8. The van der Waals surface area contributed by atoms with E-state index in [0.29, 0.717) is 19.3 Å². The zero-order valence-electron chi connectivity index (χ0n) is 51.8. The monoisotopic (exact) mass is 1070 g/mol. The molecule has 0 fully saturated rings. The molecule has 0 N–H and O–H groups in total. The lowest BCUT2D eigenvalue weighted by molar-refractivity contribution is -0.167. The molecule has 6 nitrogen and oxygen atoms in total. The average Bonchev–Trinajstić information content (AvgIpc) is 3.42. The van der Waals surface area contributed by atoms with E-state index in [0.717, 1.165) is 64.2 Å². The van der Waals surface area contributed by atoms with Crippen LogP contribution in [0.15, 0.2) is 12.2 Å². The Morgan fingerprint density at radius 1 is 0.250 bits per heavy atom. The molecule has 0 amide bonds. The van der Waals surface area contributed by atoms with Crippen LogP contribution in [0.4, 0.5) is 0 Å². The van der Waals surface area contributed by atoms with Gasteiger partial charge in [0.2, 0.25) is 0 Å². The van der Waals surface area contributed by atoms with Gasteiger partial charge in [-0.2, -0.15) is 0 Å². The van der Waals surface area contributed by atoms with Gasteiger partial charge < -0.3 is 14.2 Å². The number of allylic oxidation sites excluding steroid dienone is 2. The van der Waals surface area contributed by atoms with Crippen LogP contribution in [0.2, 0.25) is 0 Å². The van der Waals surface area contributed by atoms with Gasteiger partial charge in [0.05, 0.1) is 0 Å². The first-order valence-electron chi connectivity index (χ1n) is 34.7. The van der Waals surface area contributed by atoms with Crippen LogP contribution in [0.1, 0.15) is 400 Å². The summed E-state index contributed by atoms with van der Waals surface area (Å²) in [6, 6.07) is 0. The van der Waals surface area contributed by atoms with Gasteiger partial charge in [0, 0.05) is 19.3 Å². The van der Waals surface area contributed by atoms with Gasteiger partial charge in [-0.05, 0) is 44.9 Å². The molecular formula is C70H134O6. The normalized spacial score (nSPS) is 12.0. The third-order valence-corrected chi connectivity index (χ3v) is 16.0. The zero-order valence-corrected chi connectivity index (χ0v) is 51.8. The highest BCUT2D eigenvalue weighted by atomic mass is 16.6. The minimum absolute atomic E-state index is 0.0668. The second-order valence-corrected chi connectivity index (χ2v) is 23.8. The van der Waals surface area contributed by atoms with Crippen LogP contribution >= 0.6 is 0 Å². The molecule has 76 heavy (non-hydrogen) atoms. The summed E-state index contributed by atoms with van der Waals surface area (Å²) in [6.07, 6.45) is 78.2. The summed E-state index contributed by atoms with van der Waals surface area (Å²) in [5.74, 6) is -0.843. The molecule has 1 unspecified atom stereocenters. The lowest BCUT2D eigenvalue weighted by atomic mass is 10.0. The molecule has 1 atom stereocenters. The van der Waals surface area contributed by atoms with Crippen molar-refractivity contribution in [2.45, 2.75) is 406 Å². The minimum atomic E-state index is -0.770. The van der Waals surface area contributed by atoms with Crippen molar-refractivity contribution in [1.82, 2.24) is 0 Å². The Kier molecular flexibility index (Phi) is 64.1. The van der Waals surface area contributed by atoms with E-state index in [4.69, 9.17) is 14.2 Å². The van der Waals surface area contributed by atoms with Crippen LogP contribution in [0.25, 0.3) is 0 Å². The third kappa shape index (κ3) is 63.0. The van der Waals surface area contributed by atoms with Crippen LogP contribution in [0.3, 0.4) is 0 Å². The smallest absolute Gasteiger partial charge is 0.306 e. The Labute approximate surface area is 475 Å². The molecule has 0 heterocycles. The summed E-state index contributed by atoms with van der Waals surface area (Å²) in [4.78, 5) is 38.3. The fraction of sp³-hybridized carbons (Fsp3) is 0.929. The molecule has 0 aromatic heterocycles. The molecule has 450 valence electrons. The summed E-state index contributed by atoms with van der Waals surface area (Å²) in [6.45, 7) is 6.71. The molecule has 0 spiro atoms. The van der Waals surface area contributed by atoms with E-state index in [9.17, 15) is 14.4 Å². The minimum Gasteiger partial charge on any atom is -0.462 e. The number of carbonyl (C=O) groups excluding carboxylic acids is 3. The number of esters is 3. The standard InChI is InChI=1S/C70H134O6/c1-4-7-10-13-16-19-22-25-28-29-30-31-32-33-34-35-36-37-38-39-40-41-43-45-48-51-54-57-60-63-69(72)75-66-67(65-74-68(71)62-59-56-53-50-47-44-27-24-21-18-15-12-9-6-3)76-70(73)64-61-58-55-52-49-46-42-26-23-20-17-14-11-8-5-2/h26,42,67H,4-25,27-41,43-66H2,1-3H3/b42-26-. The maximum absolute atomic E-state index is 12.9. The molecule has 0 aliphatic rings. The van der Waals surface area contributed by atoms with E-state index < -0.39 is 6.10 Å². The quantitative estimate of drug-likeness (QED) is 0.0261. The van der Waals surface area contributed by atoms with Crippen molar-refractivity contribution in [3.8, 4) is 0 Å². The number of ether oxygens (including phenoxy) is 3. The Bertz CT molecular complexity index is 1180. The first kappa shape index (κ1) is 74.2. The number of rotatable bonds is 65. The highest BCUT2D eigenvalue weighted by molar-refractivity contribution is 5.71. The van der Waals surface area contributed by atoms with Crippen LogP contribution in [0.5, 0.6) is 0 Å². The molecule has 0 aromatic carbocycles. The van der Waals surface area contributed by atoms with Crippen molar-refractivity contribution in [2.75, 3.05) is 13.2 Å². The highest BCUT2D eigenvalue weighted by Gasteiger charge is 2.19. The summed E-state index contributed by atoms with van der Waals surface area (Å²) in [5, 5.41) is 0. The van der Waals surface area contributed by atoms with Gasteiger partial charge in [0.1, 0.15) is 13.2 Å². The van der Waals surface area contributed by atoms with Crippen LogP contribution < -0.4 is 0 Å². The van der Waals surface area contributed by atoms with Crippen LogP contribution in [0, 0.1) is 0 Å². The summed E-state index contributed by atoms with van der Waals surface area (Å²) >= 11 is 0.